The number of hydrogen-bond acceptors (Lipinski definition) is 4. The van der Waals surface area contributed by atoms with E-state index < -0.39 is 42.8 Å². The van der Waals surface area contributed by atoms with E-state index >= 15 is 0 Å². The van der Waals surface area contributed by atoms with Crippen molar-refractivity contribution in [3.05, 3.63) is 71.8 Å². The third-order valence-corrected chi connectivity index (χ3v) is 5.76. The molecule has 35 heavy (non-hydrogen) atoms. The molecule has 0 bridgehead atoms. The van der Waals surface area contributed by atoms with Crippen LogP contribution in [0.3, 0.4) is 0 Å². The number of rotatable bonds is 10. The molecule has 0 saturated carbocycles. The molecule has 2 aromatic carbocycles. The van der Waals surface area contributed by atoms with E-state index in [0.717, 1.165) is 5.56 Å². The number of carbonyl (C=O) groups excluding carboxylic acids is 2. The van der Waals surface area contributed by atoms with Crippen LogP contribution in [0.5, 0.6) is 0 Å². The Morgan fingerprint density at radius 2 is 1.60 bits per heavy atom. The van der Waals surface area contributed by atoms with Gasteiger partial charge in [-0.25, -0.2) is 13.6 Å². The van der Waals surface area contributed by atoms with Crippen LogP contribution in [0.25, 0.3) is 0 Å². The van der Waals surface area contributed by atoms with Gasteiger partial charge in [-0.05, 0) is 24.0 Å². The van der Waals surface area contributed by atoms with Gasteiger partial charge in [0.25, 0.3) is 5.92 Å². The topological polar surface area (TPSA) is 94.5 Å². The Bertz CT molecular complexity index is 993. The largest absolute Gasteiger partial charge is 0.378 e. The number of carbonyl (C=O) groups is 2. The Balaban J connectivity index is 1.68. The summed E-state index contributed by atoms with van der Waals surface area (Å²) in [5, 5.41) is 14.5. The number of hydrogen-bond donors (Lipinski definition) is 2. The van der Waals surface area contributed by atoms with Crippen molar-refractivity contribution in [2.45, 2.75) is 43.7 Å². The fourth-order valence-corrected chi connectivity index (χ4v) is 3.88. The minimum atomic E-state index is -3.26. The zero-order valence-corrected chi connectivity index (χ0v) is 19.5. The maximum atomic E-state index is 15.0. The van der Waals surface area contributed by atoms with Crippen molar-refractivity contribution in [2.75, 3.05) is 26.3 Å². The summed E-state index contributed by atoms with van der Waals surface area (Å²) in [6.45, 7) is 1.28. The maximum Gasteiger partial charge on any atom is 0.318 e. The average Bonchev–Trinajstić information content (AvgIpc) is 2.87. The first kappa shape index (κ1) is 26.1. The van der Waals surface area contributed by atoms with Crippen LogP contribution in [-0.4, -0.2) is 61.1 Å². The molecule has 1 aliphatic rings. The van der Waals surface area contributed by atoms with Gasteiger partial charge in [-0.15, -0.1) is 0 Å². The normalized spacial score (nSPS) is 15.5. The van der Waals surface area contributed by atoms with Crippen LogP contribution in [0.2, 0.25) is 0 Å². The number of halogens is 2. The Hall–Kier alpha value is -3.51. The van der Waals surface area contributed by atoms with Crippen molar-refractivity contribution in [3.8, 4) is 6.07 Å². The standard InChI is InChI=1S/C26H30F2N4O3/c27-26(28,17-21-9-5-2-6-10-21)18-23(31-25(34)32-13-15-35-16-14-32)24(33)30-22(19-29)12-11-20-7-3-1-4-8-20/h1-10,22-23H,11-18H2,(H,30,33)(H,31,34)/t22-,23-/m0/s1. The quantitative estimate of drug-likeness (QED) is 0.541. The first-order valence-electron chi connectivity index (χ1n) is 11.7. The van der Waals surface area contributed by atoms with Crippen LogP contribution < -0.4 is 10.6 Å². The molecule has 186 valence electrons. The Kier molecular flexibility index (Phi) is 9.56. The summed E-state index contributed by atoms with van der Waals surface area (Å²) in [5.41, 5.74) is 1.42. The molecule has 2 atom stereocenters. The number of urea groups is 1. The second-order valence-electron chi connectivity index (χ2n) is 8.54. The van der Waals surface area contributed by atoms with Gasteiger partial charge in [-0.1, -0.05) is 60.7 Å². The molecular weight excluding hydrogens is 454 g/mol. The van der Waals surface area contributed by atoms with Crippen molar-refractivity contribution in [3.63, 3.8) is 0 Å². The van der Waals surface area contributed by atoms with Crippen molar-refractivity contribution < 1.29 is 23.1 Å². The molecular formula is C26H30F2N4O3. The van der Waals surface area contributed by atoms with E-state index in [4.69, 9.17) is 4.74 Å². The molecule has 1 aliphatic heterocycles. The van der Waals surface area contributed by atoms with E-state index in [2.05, 4.69) is 10.6 Å². The van der Waals surface area contributed by atoms with Gasteiger partial charge in [0.05, 0.1) is 19.3 Å². The molecule has 3 amide bonds. The smallest absolute Gasteiger partial charge is 0.318 e. The molecule has 7 nitrogen and oxygen atoms in total. The first-order valence-corrected chi connectivity index (χ1v) is 11.7. The summed E-state index contributed by atoms with van der Waals surface area (Å²) in [5.74, 6) is -4.06. The van der Waals surface area contributed by atoms with Gasteiger partial charge in [-0.2, -0.15) is 5.26 Å². The van der Waals surface area contributed by atoms with E-state index in [1.807, 2.05) is 36.4 Å². The van der Waals surface area contributed by atoms with Crippen LogP contribution >= 0.6 is 0 Å². The number of ether oxygens (including phenoxy) is 1. The number of aryl methyl sites for hydroxylation is 1. The summed E-state index contributed by atoms with van der Waals surface area (Å²) in [6, 6.07) is 16.7. The highest BCUT2D eigenvalue weighted by Gasteiger charge is 2.38. The SMILES string of the molecule is N#C[C@H](CCc1ccccc1)NC(=O)[C@H](CC(F)(F)Cc1ccccc1)NC(=O)N1CCOCC1. The number of nitriles is 1. The van der Waals surface area contributed by atoms with Crippen LogP contribution in [0.1, 0.15) is 24.0 Å². The lowest BCUT2D eigenvalue weighted by molar-refractivity contribution is -0.126. The third kappa shape index (κ3) is 8.65. The molecule has 3 rings (SSSR count). The van der Waals surface area contributed by atoms with Crippen molar-refractivity contribution in [2.24, 2.45) is 0 Å². The molecule has 1 heterocycles. The van der Waals surface area contributed by atoms with Gasteiger partial charge in [0, 0.05) is 25.9 Å². The number of benzene rings is 2. The Morgan fingerprint density at radius 3 is 2.20 bits per heavy atom. The first-order chi connectivity index (χ1) is 16.9. The molecule has 0 aromatic heterocycles. The van der Waals surface area contributed by atoms with Crippen molar-refractivity contribution in [1.82, 2.24) is 15.5 Å². The molecule has 0 unspecified atom stereocenters. The van der Waals surface area contributed by atoms with E-state index in [-0.39, 0.29) is 0 Å². The van der Waals surface area contributed by atoms with Crippen LogP contribution in [0, 0.1) is 11.3 Å². The number of nitrogens with zero attached hydrogens (tertiary/aromatic N) is 2. The zero-order valence-electron chi connectivity index (χ0n) is 19.5. The second-order valence-corrected chi connectivity index (χ2v) is 8.54. The average molecular weight is 485 g/mol. The minimum absolute atomic E-state index is 0.304. The fourth-order valence-electron chi connectivity index (χ4n) is 3.88. The fraction of sp³-hybridized carbons (Fsp3) is 0.423. The van der Waals surface area contributed by atoms with Gasteiger partial charge in [0.15, 0.2) is 0 Å². The maximum absolute atomic E-state index is 15.0. The molecule has 0 spiro atoms. The zero-order chi connectivity index (χ0) is 25.1. The predicted octanol–water partition coefficient (Wildman–Crippen LogP) is 3.31. The van der Waals surface area contributed by atoms with Gasteiger partial charge in [-0.3, -0.25) is 4.79 Å². The third-order valence-electron chi connectivity index (χ3n) is 5.76. The molecule has 2 aromatic rings. The lowest BCUT2D eigenvalue weighted by Gasteiger charge is -2.30. The number of amides is 3. The highest BCUT2D eigenvalue weighted by atomic mass is 19.3. The Morgan fingerprint density at radius 1 is 1.00 bits per heavy atom. The van der Waals surface area contributed by atoms with Crippen molar-refractivity contribution in [1.29, 1.82) is 5.26 Å². The lowest BCUT2D eigenvalue weighted by atomic mass is 9.99. The van der Waals surface area contributed by atoms with Gasteiger partial charge >= 0.3 is 6.03 Å². The molecule has 2 N–H and O–H groups in total. The van der Waals surface area contributed by atoms with Crippen LogP contribution in [0.4, 0.5) is 13.6 Å². The highest BCUT2D eigenvalue weighted by Crippen LogP contribution is 2.26. The van der Waals surface area contributed by atoms with Crippen molar-refractivity contribution >= 4 is 11.9 Å². The Labute approximate surface area is 204 Å². The van der Waals surface area contributed by atoms with E-state index in [1.165, 1.54) is 4.90 Å². The summed E-state index contributed by atoms with van der Waals surface area (Å²) in [7, 11) is 0. The highest BCUT2D eigenvalue weighted by molar-refractivity contribution is 5.87. The minimum Gasteiger partial charge on any atom is -0.378 e. The van der Waals surface area contributed by atoms with E-state index in [1.54, 1.807) is 30.3 Å². The summed E-state index contributed by atoms with van der Waals surface area (Å²) < 4.78 is 35.2. The number of alkyl halides is 2. The summed E-state index contributed by atoms with van der Waals surface area (Å²) >= 11 is 0. The van der Waals surface area contributed by atoms with Crippen LogP contribution in [0.15, 0.2) is 60.7 Å². The van der Waals surface area contributed by atoms with Gasteiger partial charge in [0.2, 0.25) is 5.91 Å². The van der Waals surface area contributed by atoms with E-state index in [9.17, 15) is 23.6 Å². The van der Waals surface area contributed by atoms with Gasteiger partial charge in [0.1, 0.15) is 12.1 Å². The lowest BCUT2D eigenvalue weighted by Crippen LogP contribution is -2.56. The molecule has 0 aliphatic carbocycles. The summed E-state index contributed by atoms with van der Waals surface area (Å²) in [6.07, 6.45) is -0.605. The summed E-state index contributed by atoms with van der Waals surface area (Å²) in [4.78, 5) is 27.1. The monoisotopic (exact) mass is 484 g/mol. The van der Waals surface area contributed by atoms with Crippen LogP contribution in [-0.2, 0) is 22.4 Å². The number of nitrogens with one attached hydrogen (secondary N) is 2. The molecule has 9 heteroatoms. The van der Waals surface area contributed by atoms with Gasteiger partial charge < -0.3 is 20.3 Å². The molecule has 0 radical (unpaired) electrons. The molecule has 1 fully saturated rings. The number of morpholine rings is 1. The predicted molar refractivity (Wildman–Crippen MR) is 127 cm³/mol. The van der Waals surface area contributed by atoms with E-state index in [0.29, 0.717) is 44.7 Å². The molecule has 1 saturated heterocycles. The second kappa shape index (κ2) is 12.8.